The number of hydrogen-bond acceptors (Lipinski definition) is 3. The first-order valence-electron chi connectivity index (χ1n) is 3.10. The lowest BCUT2D eigenvalue weighted by atomic mass is 10.2. The molecule has 0 bridgehead atoms. The normalized spacial score (nSPS) is 12.0. The van der Waals surface area contributed by atoms with E-state index in [9.17, 15) is 5.21 Å². The first-order chi connectivity index (χ1) is 4.72. The Kier molecular flexibility index (Phi) is 4.05. The van der Waals surface area contributed by atoms with E-state index in [0.29, 0.717) is 18.6 Å². The van der Waals surface area contributed by atoms with Gasteiger partial charge in [0.2, 0.25) is 5.71 Å². The van der Waals surface area contributed by atoms with Gasteiger partial charge >= 0.3 is 0 Å². The van der Waals surface area contributed by atoms with Gasteiger partial charge in [0.05, 0.1) is 6.07 Å². The highest BCUT2D eigenvalue weighted by Crippen LogP contribution is 1.94. The zero-order chi connectivity index (χ0) is 7.98. The Labute approximate surface area is 59.6 Å². The van der Waals surface area contributed by atoms with Gasteiger partial charge in [-0.05, 0) is 0 Å². The summed E-state index contributed by atoms with van der Waals surface area (Å²) in [6.45, 7) is 1.76. The third kappa shape index (κ3) is 2.92. The largest absolute Gasteiger partial charge is 0.418 e. The van der Waals surface area contributed by atoms with Gasteiger partial charge in [0.15, 0.2) is 0 Å². The Morgan fingerprint density at radius 1 is 1.80 bits per heavy atom. The quantitative estimate of drug-likeness (QED) is 0.277. The first-order valence-corrected chi connectivity index (χ1v) is 3.10. The van der Waals surface area contributed by atoms with Crippen molar-refractivity contribution in [2.75, 3.05) is 0 Å². The van der Waals surface area contributed by atoms with E-state index in [1.54, 1.807) is 6.92 Å². The smallest absolute Gasteiger partial charge is 0.222 e. The fraction of sp³-hybridized carbons (Fsp3) is 0.667. The second kappa shape index (κ2) is 4.62. The predicted octanol–water partition coefficient (Wildman–Crippen LogP) is 1.04. The maximum atomic E-state index is 10.2. The fourth-order valence-electron chi connectivity index (χ4n) is 0.608. The molecule has 10 heavy (non-hydrogen) atoms. The maximum Gasteiger partial charge on any atom is 0.222 e. The molecule has 1 N–H and O–H groups in total. The highest BCUT2D eigenvalue weighted by atomic mass is 16.8. The second-order valence-corrected chi connectivity index (χ2v) is 1.85. The van der Waals surface area contributed by atoms with Crippen molar-refractivity contribution in [3.8, 4) is 6.07 Å². The van der Waals surface area contributed by atoms with E-state index in [1.807, 2.05) is 6.07 Å². The Morgan fingerprint density at radius 3 is 2.70 bits per heavy atom. The molecule has 0 aromatic rings. The van der Waals surface area contributed by atoms with Crippen molar-refractivity contribution in [1.82, 2.24) is 0 Å². The standard InChI is InChI=1S/C6H10N2O2/c1-2-6(8(9)10)4-3-5-7/h2-4H2,1H3,(H,9,10). The summed E-state index contributed by atoms with van der Waals surface area (Å²) >= 11 is 0. The molecule has 0 unspecified atom stereocenters. The topological polar surface area (TPSA) is 70.1 Å². The van der Waals surface area contributed by atoms with Crippen molar-refractivity contribution in [2.24, 2.45) is 0 Å². The fourth-order valence-corrected chi connectivity index (χ4v) is 0.608. The second-order valence-electron chi connectivity index (χ2n) is 1.85. The number of nitrogens with zero attached hydrogens (tertiary/aromatic N) is 2. The van der Waals surface area contributed by atoms with E-state index >= 15 is 0 Å². The summed E-state index contributed by atoms with van der Waals surface area (Å²) in [6, 6.07) is 1.89. The lowest BCUT2D eigenvalue weighted by molar-refractivity contribution is -0.727. The zero-order valence-electron chi connectivity index (χ0n) is 5.87. The molecule has 4 nitrogen and oxygen atoms in total. The summed E-state index contributed by atoms with van der Waals surface area (Å²) in [6.07, 6.45) is 1.12. The zero-order valence-corrected chi connectivity index (χ0v) is 5.87. The molecule has 0 heterocycles. The molecule has 0 aliphatic carbocycles. The van der Waals surface area contributed by atoms with Gasteiger partial charge in [0.1, 0.15) is 0 Å². The summed E-state index contributed by atoms with van der Waals surface area (Å²) in [4.78, 5) is -0.155. The SMILES string of the molecule is CC/C(CCC#N)=[N+](/[O-])O. The minimum absolute atomic E-state index is 0.155. The highest BCUT2D eigenvalue weighted by molar-refractivity contribution is 5.79. The van der Waals surface area contributed by atoms with Crippen LogP contribution in [-0.4, -0.2) is 15.8 Å². The summed E-state index contributed by atoms with van der Waals surface area (Å²) in [7, 11) is 0. The van der Waals surface area contributed by atoms with Gasteiger partial charge in [0.25, 0.3) is 0 Å². The minimum Gasteiger partial charge on any atom is -0.418 e. The molecular weight excluding hydrogens is 132 g/mol. The van der Waals surface area contributed by atoms with E-state index < -0.39 is 0 Å². The van der Waals surface area contributed by atoms with Crippen LogP contribution >= 0.6 is 0 Å². The Morgan fingerprint density at radius 2 is 2.40 bits per heavy atom. The maximum absolute atomic E-state index is 10.2. The Hall–Kier alpha value is -1.24. The van der Waals surface area contributed by atoms with Gasteiger partial charge in [-0.1, -0.05) is 6.92 Å². The molecule has 0 spiro atoms. The van der Waals surface area contributed by atoms with Crippen LogP contribution in [0, 0.1) is 16.5 Å². The monoisotopic (exact) mass is 142 g/mol. The molecule has 56 valence electrons. The van der Waals surface area contributed by atoms with E-state index in [0.717, 1.165) is 0 Å². The van der Waals surface area contributed by atoms with Crippen molar-refractivity contribution in [1.29, 1.82) is 5.26 Å². The summed E-state index contributed by atoms with van der Waals surface area (Å²) in [5.74, 6) is 0. The third-order valence-electron chi connectivity index (χ3n) is 1.20. The van der Waals surface area contributed by atoms with Crippen LogP contribution in [0.4, 0.5) is 0 Å². The van der Waals surface area contributed by atoms with Crippen LogP contribution in [0.15, 0.2) is 0 Å². The van der Waals surface area contributed by atoms with Crippen LogP contribution in [0.3, 0.4) is 0 Å². The van der Waals surface area contributed by atoms with Crippen molar-refractivity contribution in [2.45, 2.75) is 26.2 Å². The van der Waals surface area contributed by atoms with Crippen molar-refractivity contribution in [3.05, 3.63) is 5.21 Å². The molecule has 0 aromatic heterocycles. The summed E-state index contributed by atoms with van der Waals surface area (Å²) in [5, 5.41) is 26.7. The van der Waals surface area contributed by atoms with Crippen LogP contribution in [0.25, 0.3) is 0 Å². The number of hydrogen-bond donors (Lipinski definition) is 1. The average molecular weight is 142 g/mol. The van der Waals surface area contributed by atoms with Crippen molar-refractivity contribution < 1.29 is 10.1 Å². The van der Waals surface area contributed by atoms with E-state index in [4.69, 9.17) is 10.5 Å². The Balaban J connectivity index is 3.88. The van der Waals surface area contributed by atoms with Crippen LogP contribution in [0.1, 0.15) is 26.2 Å². The van der Waals surface area contributed by atoms with Crippen LogP contribution in [0.5, 0.6) is 0 Å². The average Bonchev–Trinajstić information content (AvgIpc) is 1.89. The molecule has 4 heteroatoms. The molecule has 0 rings (SSSR count). The predicted molar refractivity (Wildman–Crippen MR) is 35.6 cm³/mol. The molecule has 0 amide bonds. The number of nitriles is 1. The van der Waals surface area contributed by atoms with Crippen LogP contribution < -0.4 is 0 Å². The van der Waals surface area contributed by atoms with Crippen LogP contribution in [0.2, 0.25) is 0 Å². The van der Waals surface area contributed by atoms with E-state index in [1.165, 1.54) is 0 Å². The van der Waals surface area contributed by atoms with Gasteiger partial charge in [-0.2, -0.15) is 5.26 Å². The lowest BCUT2D eigenvalue weighted by Gasteiger charge is -1.94. The summed E-state index contributed by atoms with van der Waals surface area (Å²) in [5.41, 5.74) is 0.349. The minimum atomic E-state index is -0.155. The molecule has 0 aliphatic rings. The van der Waals surface area contributed by atoms with Crippen molar-refractivity contribution >= 4 is 5.71 Å². The summed E-state index contributed by atoms with van der Waals surface area (Å²) < 4.78 is 0. The number of rotatable bonds is 3. The van der Waals surface area contributed by atoms with Gasteiger partial charge in [-0.3, -0.25) is 5.21 Å². The van der Waals surface area contributed by atoms with E-state index in [2.05, 4.69) is 0 Å². The van der Waals surface area contributed by atoms with E-state index in [-0.39, 0.29) is 11.3 Å². The third-order valence-corrected chi connectivity index (χ3v) is 1.20. The lowest BCUT2D eigenvalue weighted by Crippen LogP contribution is -2.10. The molecule has 0 radical (unpaired) electrons. The molecule has 0 aliphatic heterocycles. The molecule has 0 aromatic carbocycles. The van der Waals surface area contributed by atoms with Crippen molar-refractivity contribution in [3.63, 3.8) is 0 Å². The van der Waals surface area contributed by atoms with Crippen LogP contribution in [-0.2, 0) is 0 Å². The molecule has 0 atom stereocenters. The van der Waals surface area contributed by atoms with Gasteiger partial charge in [-0.15, -0.1) is 0 Å². The molecule has 0 saturated heterocycles. The molecular formula is C6H10N2O2. The Bertz CT molecular complexity index is 165. The first kappa shape index (κ1) is 8.76. The van der Waals surface area contributed by atoms with Gasteiger partial charge in [0, 0.05) is 24.2 Å². The van der Waals surface area contributed by atoms with Gasteiger partial charge < -0.3 is 5.21 Å². The highest BCUT2D eigenvalue weighted by Gasteiger charge is 2.06. The van der Waals surface area contributed by atoms with Gasteiger partial charge in [-0.25, -0.2) is 0 Å². The molecule has 0 fully saturated rings. The molecule has 0 saturated carbocycles.